The van der Waals surface area contributed by atoms with Gasteiger partial charge in [-0.1, -0.05) is 80.1 Å². The van der Waals surface area contributed by atoms with Crippen molar-refractivity contribution >= 4 is 6.08 Å². The van der Waals surface area contributed by atoms with Gasteiger partial charge in [-0.3, -0.25) is 0 Å². The van der Waals surface area contributed by atoms with E-state index in [0.717, 1.165) is 18.6 Å². The van der Waals surface area contributed by atoms with Gasteiger partial charge in [-0.05, 0) is 36.1 Å². The number of benzene rings is 2. The molecular formula is C22H26O. The number of methoxy groups -OCH3 is 1. The summed E-state index contributed by atoms with van der Waals surface area (Å²) >= 11 is 0. The summed E-state index contributed by atoms with van der Waals surface area (Å²) in [6.45, 7) is 4.43. The smallest absolute Gasteiger partial charge is 0.118 e. The molecule has 1 nitrogen and oxygen atoms in total. The molecule has 2 rings (SSSR count). The molecule has 0 amide bonds. The Hall–Kier alpha value is -2.28. The van der Waals surface area contributed by atoms with E-state index in [1.54, 1.807) is 7.11 Å². The summed E-state index contributed by atoms with van der Waals surface area (Å²) in [4.78, 5) is 0. The fraction of sp³-hybridized carbons (Fsp3) is 0.273. The van der Waals surface area contributed by atoms with Crippen LogP contribution < -0.4 is 4.74 Å². The van der Waals surface area contributed by atoms with Crippen molar-refractivity contribution in [3.63, 3.8) is 0 Å². The van der Waals surface area contributed by atoms with E-state index in [1.807, 2.05) is 18.2 Å². The van der Waals surface area contributed by atoms with E-state index in [4.69, 9.17) is 4.74 Å². The molecule has 1 unspecified atom stereocenters. The molecular weight excluding hydrogens is 280 g/mol. The fourth-order valence-electron chi connectivity index (χ4n) is 2.78. The molecule has 0 aliphatic heterocycles. The highest BCUT2D eigenvalue weighted by Gasteiger charge is 2.12. The summed E-state index contributed by atoms with van der Waals surface area (Å²) in [5.41, 5.74) is 4.00. The van der Waals surface area contributed by atoms with Gasteiger partial charge in [-0.2, -0.15) is 0 Å². The van der Waals surface area contributed by atoms with Crippen LogP contribution in [0, 0.1) is 0 Å². The molecule has 0 aliphatic carbocycles. The molecule has 0 saturated heterocycles. The summed E-state index contributed by atoms with van der Waals surface area (Å²) in [6.07, 6.45) is 9.00. The molecule has 0 saturated carbocycles. The standard InChI is InChI=1S/C22H26O/c1-4-9-19(5-2)22(17-12-18-10-7-6-8-11-18)20-13-15-21(23-3)16-14-20/h6-17,22H,4-5H2,1-3H3/b17-12+,19-9+. The second-order valence-corrected chi connectivity index (χ2v) is 5.56. The minimum atomic E-state index is 0.311. The van der Waals surface area contributed by atoms with Gasteiger partial charge >= 0.3 is 0 Å². The topological polar surface area (TPSA) is 9.23 Å². The Kier molecular flexibility index (Phi) is 6.68. The Bertz CT molecular complexity index is 635. The first-order valence-corrected chi connectivity index (χ1v) is 8.34. The lowest BCUT2D eigenvalue weighted by Gasteiger charge is -2.17. The number of ether oxygens (including phenoxy) is 1. The average Bonchev–Trinajstić information content (AvgIpc) is 2.62. The van der Waals surface area contributed by atoms with Crippen LogP contribution in [0.1, 0.15) is 43.7 Å². The third-order valence-electron chi connectivity index (χ3n) is 4.03. The van der Waals surface area contributed by atoms with Gasteiger partial charge in [0.25, 0.3) is 0 Å². The van der Waals surface area contributed by atoms with E-state index in [0.29, 0.717) is 5.92 Å². The first kappa shape index (κ1) is 17.1. The van der Waals surface area contributed by atoms with Gasteiger partial charge in [0.15, 0.2) is 0 Å². The quantitative estimate of drug-likeness (QED) is 0.550. The summed E-state index contributed by atoms with van der Waals surface area (Å²) in [5, 5.41) is 0. The van der Waals surface area contributed by atoms with Gasteiger partial charge in [-0.15, -0.1) is 0 Å². The van der Waals surface area contributed by atoms with Gasteiger partial charge in [0.05, 0.1) is 7.11 Å². The normalized spacial score (nSPS) is 13.3. The number of hydrogen-bond acceptors (Lipinski definition) is 1. The molecule has 0 spiro atoms. The van der Waals surface area contributed by atoms with Gasteiger partial charge in [-0.25, -0.2) is 0 Å². The second kappa shape index (κ2) is 8.99. The van der Waals surface area contributed by atoms with Crippen LogP contribution in [0.2, 0.25) is 0 Å². The summed E-state index contributed by atoms with van der Waals surface area (Å²) in [6, 6.07) is 18.9. The zero-order valence-corrected chi connectivity index (χ0v) is 14.3. The molecule has 1 heteroatoms. The lowest BCUT2D eigenvalue weighted by atomic mass is 9.88. The van der Waals surface area contributed by atoms with Gasteiger partial charge < -0.3 is 4.74 Å². The zero-order chi connectivity index (χ0) is 16.5. The van der Waals surface area contributed by atoms with Crippen molar-refractivity contribution in [2.24, 2.45) is 0 Å². The minimum Gasteiger partial charge on any atom is -0.497 e. The Morgan fingerprint density at radius 2 is 1.70 bits per heavy atom. The van der Waals surface area contributed by atoms with Gasteiger partial charge in [0, 0.05) is 5.92 Å². The Balaban J connectivity index is 2.34. The molecule has 0 aromatic heterocycles. The largest absolute Gasteiger partial charge is 0.497 e. The Labute approximate surface area is 140 Å². The molecule has 0 heterocycles. The number of hydrogen-bond donors (Lipinski definition) is 0. The molecule has 1 atom stereocenters. The van der Waals surface area contributed by atoms with Crippen molar-refractivity contribution in [1.29, 1.82) is 0 Å². The predicted molar refractivity (Wildman–Crippen MR) is 99.9 cm³/mol. The second-order valence-electron chi connectivity index (χ2n) is 5.56. The van der Waals surface area contributed by atoms with Crippen molar-refractivity contribution in [2.75, 3.05) is 7.11 Å². The first-order chi connectivity index (χ1) is 11.3. The first-order valence-electron chi connectivity index (χ1n) is 8.34. The van der Waals surface area contributed by atoms with E-state index < -0.39 is 0 Å². The van der Waals surface area contributed by atoms with Crippen LogP contribution in [0.3, 0.4) is 0 Å². The summed E-state index contributed by atoms with van der Waals surface area (Å²) < 4.78 is 5.28. The molecule has 0 fully saturated rings. The SMILES string of the molecule is CC/C=C(\CC)C(/C=C/c1ccccc1)c1ccc(OC)cc1. The highest BCUT2D eigenvalue weighted by Crippen LogP contribution is 2.30. The lowest BCUT2D eigenvalue weighted by Crippen LogP contribution is -2.00. The number of allylic oxidation sites excluding steroid dienone is 3. The third kappa shape index (κ3) is 4.85. The third-order valence-corrected chi connectivity index (χ3v) is 4.03. The van der Waals surface area contributed by atoms with E-state index in [-0.39, 0.29) is 0 Å². The van der Waals surface area contributed by atoms with Crippen molar-refractivity contribution in [3.05, 3.63) is 83.4 Å². The molecule has 2 aromatic carbocycles. The average molecular weight is 306 g/mol. The summed E-state index contributed by atoms with van der Waals surface area (Å²) in [5.74, 6) is 1.21. The maximum absolute atomic E-state index is 5.28. The molecule has 0 bridgehead atoms. The van der Waals surface area contributed by atoms with E-state index in [9.17, 15) is 0 Å². The highest BCUT2D eigenvalue weighted by atomic mass is 16.5. The zero-order valence-electron chi connectivity index (χ0n) is 14.3. The van der Waals surface area contributed by atoms with Crippen LogP contribution in [0.5, 0.6) is 5.75 Å². The van der Waals surface area contributed by atoms with Crippen LogP contribution in [-0.2, 0) is 0 Å². The summed E-state index contributed by atoms with van der Waals surface area (Å²) in [7, 11) is 1.70. The number of rotatable bonds is 7. The fourth-order valence-corrected chi connectivity index (χ4v) is 2.78. The van der Waals surface area contributed by atoms with Crippen LogP contribution in [-0.4, -0.2) is 7.11 Å². The monoisotopic (exact) mass is 306 g/mol. The maximum Gasteiger partial charge on any atom is 0.118 e. The predicted octanol–water partition coefficient (Wildman–Crippen LogP) is 6.24. The van der Waals surface area contributed by atoms with E-state index >= 15 is 0 Å². The van der Waals surface area contributed by atoms with E-state index in [1.165, 1.54) is 16.7 Å². The molecule has 120 valence electrons. The molecule has 0 radical (unpaired) electrons. The van der Waals surface area contributed by atoms with Crippen LogP contribution in [0.4, 0.5) is 0 Å². The van der Waals surface area contributed by atoms with Gasteiger partial charge in [0.1, 0.15) is 5.75 Å². The van der Waals surface area contributed by atoms with Crippen molar-refractivity contribution in [2.45, 2.75) is 32.6 Å². The minimum absolute atomic E-state index is 0.311. The van der Waals surface area contributed by atoms with Crippen molar-refractivity contribution in [3.8, 4) is 5.75 Å². The Morgan fingerprint density at radius 3 is 2.26 bits per heavy atom. The molecule has 2 aromatic rings. The lowest BCUT2D eigenvalue weighted by molar-refractivity contribution is 0.414. The Morgan fingerprint density at radius 1 is 1.00 bits per heavy atom. The maximum atomic E-state index is 5.28. The van der Waals surface area contributed by atoms with Gasteiger partial charge in [0.2, 0.25) is 0 Å². The molecule has 0 N–H and O–H groups in total. The van der Waals surface area contributed by atoms with E-state index in [2.05, 4.69) is 68.5 Å². The van der Waals surface area contributed by atoms with Crippen LogP contribution >= 0.6 is 0 Å². The molecule has 23 heavy (non-hydrogen) atoms. The van der Waals surface area contributed by atoms with Crippen molar-refractivity contribution in [1.82, 2.24) is 0 Å². The van der Waals surface area contributed by atoms with Crippen LogP contribution in [0.15, 0.2) is 72.3 Å². The van der Waals surface area contributed by atoms with Crippen molar-refractivity contribution < 1.29 is 4.74 Å². The highest BCUT2D eigenvalue weighted by molar-refractivity contribution is 5.52. The molecule has 0 aliphatic rings. The van der Waals surface area contributed by atoms with Crippen LogP contribution in [0.25, 0.3) is 6.08 Å².